The molecule has 1 heterocycles. The maximum atomic E-state index is 5.85. The van der Waals surface area contributed by atoms with Crippen molar-refractivity contribution in [3.05, 3.63) is 11.6 Å². The van der Waals surface area contributed by atoms with Crippen LogP contribution in [-0.2, 0) is 10.3 Å². The Hall–Kier alpha value is -1.23. The Kier molecular flexibility index (Phi) is 4.00. The minimum absolute atomic E-state index is 0.230. The third-order valence-electron chi connectivity index (χ3n) is 4.40. The normalized spacial score (nSPS) is 21.1. The smallest absolute Gasteiger partial charge is 0.223 e. The monoisotopic (exact) mass is 278 g/mol. The summed E-state index contributed by atoms with van der Waals surface area (Å²) in [6.45, 7) is 8.71. The molecule has 0 bridgehead atoms. The number of anilines is 1. The second kappa shape index (κ2) is 5.28. The van der Waals surface area contributed by atoms with E-state index in [0.29, 0.717) is 17.2 Å². The third kappa shape index (κ3) is 2.92. The van der Waals surface area contributed by atoms with E-state index in [1.807, 2.05) is 0 Å². The Morgan fingerprint density at radius 1 is 1.05 bits per heavy atom. The van der Waals surface area contributed by atoms with E-state index in [1.165, 1.54) is 0 Å². The van der Waals surface area contributed by atoms with Gasteiger partial charge in [0.2, 0.25) is 5.95 Å². The highest BCUT2D eigenvalue weighted by atomic mass is 16.5. The van der Waals surface area contributed by atoms with Crippen LogP contribution in [0.5, 0.6) is 0 Å². The van der Waals surface area contributed by atoms with Crippen LogP contribution in [0.25, 0.3) is 0 Å². The van der Waals surface area contributed by atoms with Crippen LogP contribution < -0.4 is 5.73 Å². The first kappa shape index (κ1) is 15.2. The van der Waals surface area contributed by atoms with Gasteiger partial charge in [-0.05, 0) is 31.1 Å². The Bertz CT molecular complexity index is 475. The summed E-state index contributed by atoms with van der Waals surface area (Å²) in [4.78, 5) is 13.2. The van der Waals surface area contributed by atoms with E-state index in [2.05, 4.69) is 42.6 Å². The molecular formula is C15H26N4O. The predicted octanol–water partition coefficient (Wildman–Crippen LogP) is 3.02. The van der Waals surface area contributed by atoms with Crippen LogP contribution in [0.4, 0.5) is 5.95 Å². The number of rotatable bonds is 3. The zero-order valence-corrected chi connectivity index (χ0v) is 13.2. The maximum Gasteiger partial charge on any atom is 0.223 e. The summed E-state index contributed by atoms with van der Waals surface area (Å²) in [7, 11) is 1.74. The lowest BCUT2D eigenvalue weighted by atomic mass is 9.70. The zero-order chi connectivity index (χ0) is 15.0. The highest BCUT2D eigenvalue weighted by Crippen LogP contribution is 2.46. The van der Waals surface area contributed by atoms with Crippen molar-refractivity contribution in [2.75, 3.05) is 12.8 Å². The van der Waals surface area contributed by atoms with E-state index in [1.54, 1.807) is 7.11 Å². The van der Waals surface area contributed by atoms with Gasteiger partial charge in [0.05, 0.1) is 0 Å². The number of nitrogens with zero attached hydrogens (tertiary/aromatic N) is 3. The van der Waals surface area contributed by atoms with E-state index in [9.17, 15) is 0 Å². The fourth-order valence-corrected chi connectivity index (χ4v) is 2.72. The molecule has 2 rings (SSSR count). The lowest BCUT2D eigenvalue weighted by Crippen LogP contribution is -2.38. The van der Waals surface area contributed by atoms with E-state index < -0.39 is 5.60 Å². The summed E-state index contributed by atoms with van der Waals surface area (Å²) in [5.41, 5.74) is 5.81. The van der Waals surface area contributed by atoms with Crippen molar-refractivity contribution >= 4 is 5.95 Å². The van der Waals surface area contributed by atoms with Crippen LogP contribution in [-0.4, -0.2) is 22.1 Å². The van der Waals surface area contributed by atoms with Crippen LogP contribution in [0.15, 0.2) is 0 Å². The molecule has 0 spiro atoms. The highest BCUT2D eigenvalue weighted by Gasteiger charge is 2.42. The molecule has 0 atom stereocenters. The van der Waals surface area contributed by atoms with Gasteiger partial charge < -0.3 is 10.5 Å². The standard InChI is InChI=1S/C15H26N4O/c1-10(2)11-17-12(19-13(16)18-11)15(20-5)8-6-14(3,4)7-9-15/h10H,6-9H2,1-5H3,(H2,16,17,18,19). The first-order chi connectivity index (χ1) is 9.28. The Morgan fingerprint density at radius 3 is 2.15 bits per heavy atom. The topological polar surface area (TPSA) is 73.9 Å². The average molecular weight is 278 g/mol. The van der Waals surface area contributed by atoms with E-state index in [-0.39, 0.29) is 5.92 Å². The van der Waals surface area contributed by atoms with Crippen molar-refractivity contribution in [3.8, 4) is 0 Å². The summed E-state index contributed by atoms with van der Waals surface area (Å²) in [6.07, 6.45) is 4.06. The van der Waals surface area contributed by atoms with Crippen molar-refractivity contribution in [2.45, 2.75) is 64.9 Å². The molecule has 0 radical (unpaired) electrons. The maximum absolute atomic E-state index is 5.85. The van der Waals surface area contributed by atoms with Crippen molar-refractivity contribution in [1.82, 2.24) is 15.0 Å². The zero-order valence-electron chi connectivity index (χ0n) is 13.2. The average Bonchev–Trinajstić information content (AvgIpc) is 2.38. The lowest BCUT2D eigenvalue weighted by molar-refractivity contribution is -0.0731. The molecule has 0 unspecified atom stereocenters. The molecule has 1 aromatic rings. The summed E-state index contributed by atoms with van der Waals surface area (Å²) >= 11 is 0. The quantitative estimate of drug-likeness (QED) is 0.920. The van der Waals surface area contributed by atoms with Gasteiger partial charge in [0, 0.05) is 13.0 Å². The Morgan fingerprint density at radius 2 is 1.65 bits per heavy atom. The highest BCUT2D eigenvalue weighted by molar-refractivity contribution is 5.20. The molecule has 20 heavy (non-hydrogen) atoms. The van der Waals surface area contributed by atoms with Gasteiger partial charge in [-0.3, -0.25) is 0 Å². The summed E-state index contributed by atoms with van der Waals surface area (Å²) < 4.78 is 5.84. The molecule has 1 fully saturated rings. The van der Waals surface area contributed by atoms with Gasteiger partial charge in [0.25, 0.3) is 0 Å². The number of hydrogen-bond acceptors (Lipinski definition) is 5. The first-order valence-electron chi connectivity index (χ1n) is 7.35. The molecular weight excluding hydrogens is 252 g/mol. The number of hydrogen-bond donors (Lipinski definition) is 1. The molecule has 5 heteroatoms. The van der Waals surface area contributed by atoms with Crippen LogP contribution in [0.3, 0.4) is 0 Å². The molecule has 1 aliphatic rings. The van der Waals surface area contributed by atoms with E-state index in [0.717, 1.165) is 31.5 Å². The summed E-state index contributed by atoms with van der Waals surface area (Å²) in [6, 6.07) is 0. The molecule has 5 nitrogen and oxygen atoms in total. The molecule has 1 saturated carbocycles. The summed E-state index contributed by atoms with van der Waals surface area (Å²) in [5.74, 6) is 1.97. The van der Waals surface area contributed by atoms with Gasteiger partial charge in [-0.1, -0.05) is 27.7 Å². The minimum Gasteiger partial charge on any atom is -0.370 e. The van der Waals surface area contributed by atoms with Gasteiger partial charge in [-0.2, -0.15) is 9.97 Å². The molecule has 1 aliphatic carbocycles. The van der Waals surface area contributed by atoms with Crippen molar-refractivity contribution < 1.29 is 4.74 Å². The van der Waals surface area contributed by atoms with Gasteiger partial charge in [0.1, 0.15) is 11.4 Å². The SMILES string of the molecule is COC1(c2nc(N)nc(C(C)C)n2)CCC(C)(C)CC1. The molecule has 0 aliphatic heterocycles. The fraction of sp³-hybridized carbons (Fsp3) is 0.800. The molecule has 0 saturated heterocycles. The lowest BCUT2D eigenvalue weighted by Gasteiger charge is -2.41. The summed E-state index contributed by atoms with van der Waals surface area (Å²) in [5, 5.41) is 0. The van der Waals surface area contributed by atoms with E-state index in [4.69, 9.17) is 10.5 Å². The molecule has 2 N–H and O–H groups in total. The van der Waals surface area contributed by atoms with Gasteiger partial charge in [0.15, 0.2) is 5.82 Å². The number of nitrogens with two attached hydrogens (primary N) is 1. The van der Waals surface area contributed by atoms with Gasteiger partial charge >= 0.3 is 0 Å². The fourth-order valence-electron chi connectivity index (χ4n) is 2.72. The second-order valence-electron chi connectivity index (χ2n) is 6.89. The molecule has 0 amide bonds. The third-order valence-corrected chi connectivity index (χ3v) is 4.40. The minimum atomic E-state index is -0.407. The Labute approximate surface area is 121 Å². The largest absolute Gasteiger partial charge is 0.370 e. The van der Waals surface area contributed by atoms with Crippen LogP contribution in [0.1, 0.15) is 70.9 Å². The molecule has 1 aromatic heterocycles. The van der Waals surface area contributed by atoms with E-state index >= 15 is 0 Å². The van der Waals surface area contributed by atoms with Crippen LogP contribution >= 0.6 is 0 Å². The van der Waals surface area contributed by atoms with Crippen LogP contribution in [0.2, 0.25) is 0 Å². The number of aromatic nitrogens is 3. The van der Waals surface area contributed by atoms with Gasteiger partial charge in [-0.25, -0.2) is 4.98 Å². The number of nitrogen functional groups attached to an aromatic ring is 1. The number of ether oxygens (including phenoxy) is 1. The molecule has 0 aromatic carbocycles. The second-order valence-corrected chi connectivity index (χ2v) is 6.89. The predicted molar refractivity (Wildman–Crippen MR) is 79.3 cm³/mol. The van der Waals surface area contributed by atoms with Crippen molar-refractivity contribution in [3.63, 3.8) is 0 Å². The molecule has 112 valence electrons. The van der Waals surface area contributed by atoms with Gasteiger partial charge in [-0.15, -0.1) is 0 Å². The first-order valence-corrected chi connectivity index (χ1v) is 7.35. The Balaban J connectivity index is 2.37. The van der Waals surface area contributed by atoms with Crippen molar-refractivity contribution in [1.29, 1.82) is 0 Å². The van der Waals surface area contributed by atoms with Crippen LogP contribution in [0, 0.1) is 5.41 Å². The van der Waals surface area contributed by atoms with Crippen molar-refractivity contribution in [2.24, 2.45) is 5.41 Å². The number of methoxy groups -OCH3 is 1.